The fourth-order valence-corrected chi connectivity index (χ4v) is 2.77. The minimum Gasteiger partial charge on any atom is -0.491 e. The van der Waals surface area contributed by atoms with Crippen molar-refractivity contribution in [3.05, 3.63) is 52.3 Å². The van der Waals surface area contributed by atoms with Crippen LogP contribution in [0.4, 0.5) is 0 Å². The fourth-order valence-electron chi connectivity index (χ4n) is 2.77. The SMILES string of the molecule is CCOC(=O)c1c(C)[nH]c(C(=O)COC(=O)c2ccc(OC(C)C)cc2)c1C. The molecule has 0 bridgehead atoms. The highest BCUT2D eigenvalue weighted by molar-refractivity contribution is 6.03. The van der Waals surface area contributed by atoms with E-state index >= 15 is 0 Å². The molecule has 0 aliphatic heterocycles. The number of esters is 2. The standard InChI is InChI=1S/C21H25NO6/c1-6-26-21(25)18-13(4)19(22-14(18)5)17(23)11-27-20(24)15-7-9-16(10-8-15)28-12(2)3/h7-10,12,22H,6,11H2,1-5H3. The van der Waals surface area contributed by atoms with E-state index in [2.05, 4.69) is 4.98 Å². The molecule has 0 spiro atoms. The summed E-state index contributed by atoms with van der Waals surface area (Å²) in [6.07, 6.45) is 0.0300. The van der Waals surface area contributed by atoms with Gasteiger partial charge < -0.3 is 19.2 Å². The first-order valence-electron chi connectivity index (χ1n) is 9.07. The smallest absolute Gasteiger partial charge is 0.340 e. The van der Waals surface area contributed by atoms with Gasteiger partial charge in [-0.1, -0.05) is 0 Å². The normalized spacial score (nSPS) is 10.6. The number of ether oxygens (including phenoxy) is 3. The lowest BCUT2D eigenvalue weighted by atomic mass is 10.1. The van der Waals surface area contributed by atoms with Gasteiger partial charge in [0.25, 0.3) is 0 Å². The molecule has 0 aliphatic rings. The molecule has 0 saturated carbocycles. The van der Waals surface area contributed by atoms with E-state index in [9.17, 15) is 14.4 Å². The number of rotatable bonds is 8. The molecule has 1 heterocycles. The third kappa shape index (κ3) is 5.00. The van der Waals surface area contributed by atoms with Crippen LogP contribution < -0.4 is 4.74 Å². The maximum atomic E-state index is 12.4. The van der Waals surface area contributed by atoms with Crippen LogP contribution in [0.2, 0.25) is 0 Å². The topological polar surface area (TPSA) is 94.7 Å². The Balaban J connectivity index is 2.03. The molecule has 1 aromatic heterocycles. The number of benzene rings is 1. The van der Waals surface area contributed by atoms with Crippen molar-refractivity contribution in [2.24, 2.45) is 0 Å². The maximum absolute atomic E-state index is 12.4. The molecule has 7 heteroatoms. The van der Waals surface area contributed by atoms with E-state index in [1.807, 2.05) is 13.8 Å². The first-order chi connectivity index (χ1) is 13.2. The van der Waals surface area contributed by atoms with Crippen molar-refractivity contribution in [2.45, 2.75) is 40.7 Å². The van der Waals surface area contributed by atoms with Crippen molar-refractivity contribution in [3.63, 3.8) is 0 Å². The second-order valence-electron chi connectivity index (χ2n) is 6.54. The highest BCUT2D eigenvalue weighted by Gasteiger charge is 2.23. The number of hydrogen-bond donors (Lipinski definition) is 1. The molecule has 7 nitrogen and oxygen atoms in total. The van der Waals surface area contributed by atoms with Crippen molar-refractivity contribution < 1.29 is 28.6 Å². The molecule has 0 amide bonds. The van der Waals surface area contributed by atoms with Crippen LogP contribution in [0.1, 0.15) is 63.2 Å². The van der Waals surface area contributed by atoms with E-state index in [4.69, 9.17) is 14.2 Å². The third-order valence-corrected chi connectivity index (χ3v) is 3.99. The van der Waals surface area contributed by atoms with Crippen LogP contribution in [0.5, 0.6) is 5.75 Å². The van der Waals surface area contributed by atoms with Crippen LogP contribution in [-0.4, -0.2) is 42.0 Å². The van der Waals surface area contributed by atoms with E-state index in [-0.39, 0.29) is 18.4 Å². The molecular weight excluding hydrogens is 362 g/mol. The zero-order valence-corrected chi connectivity index (χ0v) is 16.8. The summed E-state index contributed by atoms with van der Waals surface area (Å²) >= 11 is 0. The predicted molar refractivity (Wildman–Crippen MR) is 103 cm³/mol. The summed E-state index contributed by atoms with van der Waals surface area (Å²) < 4.78 is 15.6. The minimum atomic E-state index is -0.615. The number of carbonyl (C=O) groups is 3. The van der Waals surface area contributed by atoms with Gasteiger partial charge in [-0.25, -0.2) is 9.59 Å². The Labute approximate surface area is 164 Å². The highest BCUT2D eigenvalue weighted by atomic mass is 16.5. The predicted octanol–water partition coefficient (Wildman–Crippen LogP) is 3.64. The van der Waals surface area contributed by atoms with Gasteiger partial charge in [-0.2, -0.15) is 0 Å². The van der Waals surface area contributed by atoms with E-state index in [1.54, 1.807) is 45.0 Å². The summed E-state index contributed by atoms with van der Waals surface area (Å²) in [4.78, 5) is 39.5. The van der Waals surface area contributed by atoms with Gasteiger partial charge in [0, 0.05) is 5.69 Å². The number of carbonyl (C=O) groups excluding carboxylic acids is 3. The van der Waals surface area contributed by atoms with Gasteiger partial charge in [0.15, 0.2) is 6.61 Å². The first-order valence-corrected chi connectivity index (χ1v) is 9.07. The van der Waals surface area contributed by atoms with Crippen molar-refractivity contribution in [3.8, 4) is 5.75 Å². The molecule has 28 heavy (non-hydrogen) atoms. The highest BCUT2D eigenvalue weighted by Crippen LogP contribution is 2.20. The molecule has 2 rings (SSSR count). The summed E-state index contributed by atoms with van der Waals surface area (Å²) in [5.41, 5.74) is 1.89. The lowest BCUT2D eigenvalue weighted by Crippen LogP contribution is -2.16. The average Bonchev–Trinajstić information content (AvgIpc) is 2.94. The Morgan fingerprint density at radius 3 is 2.21 bits per heavy atom. The van der Waals surface area contributed by atoms with Crippen LogP contribution in [0.15, 0.2) is 24.3 Å². The molecule has 0 aliphatic carbocycles. The molecule has 2 aromatic rings. The zero-order chi connectivity index (χ0) is 20.8. The van der Waals surface area contributed by atoms with Crippen molar-refractivity contribution in [1.82, 2.24) is 4.98 Å². The molecule has 0 atom stereocenters. The summed E-state index contributed by atoms with van der Waals surface area (Å²) in [6, 6.07) is 6.49. The molecule has 0 saturated heterocycles. The number of hydrogen-bond acceptors (Lipinski definition) is 6. The van der Waals surface area contributed by atoms with Crippen LogP contribution in [0.3, 0.4) is 0 Å². The molecule has 1 N–H and O–H groups in total. The number of ketones is 1. The molecule has 0 fully saturated rings. The maximum Gasteiger partial charge on any atom is 0.340 e. The summed E-state index contributed by atoms with van der Waals surface area (Å²) in [5, 5.41) is 0. The molecule has 0 radical (unpaired) electrons. The zero-order valence-electron chi connectivity index (χ0n) is 16.8. The van der Waals surface area contributed by atoms with E-state index in [0.717, 1.165) is 0 Å². The number of H-pyrrole nitrogens is 1. The number of nitrogens with one attached hydrogen (secondary N) is 1. The lowest BCUT2D eigenvalue weighted by molar-refractivity contribution is 0.0472. The fraction of sp³-hybridized carbons (Fsp3) is 0.381. The van der Waals surface area contributed by atoms with E-state index < -0.39 is 24.3 Å². The van der Waals surface area contributed by atoms with Gasteiger partial charge in [0.2, 0.25) is 5.78 Å². The van der Waals surface area contributed by atoms with Crippen LogP contribution in [0, 0.1) is 13.8 Å². The summed E-state index contributed by atoms with van der Waals surface area (Å²) in [7, 11) is 0. The third-order valence-electron chi connectivity index (χ3n) is 3.99. The second kappa shape index (κ2) is 9.21. The first kappa shape index (κ1) is 21.2. The molecule has 1 aromatic carbocycles. The largest absolute Gasteiger partial charge is 0.491 e. The Morgan fingerprint density at radius 1 is 1.00 bits per heavy atom. The number of aromatic amines is 1. The van der Waals surface area contributed by atoms with Crippen molar-refractivity contribution >= 4 is 17.7 Å². The van der Waals surface area contributed by atoms with Gasteiger partial charge in [0.05, 0.1) is 29.5 Å². The van der Waals surface area contributed by atoms with Gasteiger partial charge in [-0.05, 0) is 64.4 Å². The minimum absolute atomic E-state index is 0.0300. The Kier molecular flexibility index (Phi) is 6.98. The molecule has 150 valence electrons. The van der Waals surface area contributed by atoms with E-state index in [0.29, 0.717) is 28.1 Å². The van der Waals surface area contributed by atoms with Crippen LogP contribution in [-0.2, 0) is 9.47 Å². The Hall–Kier alpha value is -3.09. The summed E-state index contributed by atoms with van der Waals surface area (Å²) in [6.45, 7) is 8.66. The average molecular weight is 387 g/mol. The van der Waals surface area contributed by atoms with Crippen LogP contribution >= 0.6 is 0 Å². The van der Waals surface area contributed by atoms with Crippen molar-refractivity contribution in [2.75, 3.05) is 13.2 Å². The van der Waals surface area contributed by atoms with Crippen LogP contribution in [0.25, 0.3) is 0 Å². The van der Waals surface area contributed by atoms with Gasteiger partial charge in [-0.3, -0.25) is 4.79 Å². The number of Topliss-reactive ketones (excluding diaryl/α,β-unsaturated/α-hetero) is 1. The lowest BCUT2D eigenvalue weighted by Gasteiger charge is -2.10. The molecule has 0 unspecified atom stereocenters. The summed E-state index contributed by atoms with van der Waals surface area (Å²) in [5.74, 6) is -0.889. The van der Waals surface area contributed by atoms with E-state index in [1.165, 1.54) is 0 Å². The quantitative estimate of drug-likeness (QED) is 0.549. The monoisotopic (exact) mass is 387 g/mol. The second-order valence-corrected chi connectivity index (χ2v) is 6.54. The van der Waals surface area contributed by atoms with Crippen molar-refractivity contribution in [1.29, 1.82) is 0 Å². The number of aryl methyl sites for hydroxylation is 1. The Bertz CT molecular complexity index is 864. The van der Waals surface area contributed by atoms with Gasteiger partial charge >= 0.3 is 11.9 Å². The van der Waals surface area contributed by atoms with Gasteiger partial charge in [-0.15, -0.1) is 0 Å². The molecular formula is C21H25NO6. The number of aromatic nitrogens is 1. The van der Waals surface area contributed by atoms with Gasteiger partial charge in [0.1, 0.15) is 5.75 Å². The Morgan fingerprint density at radius 2 is 1.64 bits per heavy atom.